The van der Waals surface area contributed by atoms with Gasteiger partial charge in [0.15, 0.2) is 11.5 Å². The smallest absolute Gasteiger partial charge is 0.237 e. The largest absolute Gasteiger partial charge is 0.454 e. The van der Waals surface area contributed by atoms with Crippen molar-refractivity contribution in [1.82, 2.24) is 14.7 Å². The zero-order valence-corrected chi connectivity index (χ0v) is 27.0. The molecule has 0 saturated carbocycles. The Morgan fingerprint density at radius 3 is 2.58 bits per heavy atom. The number of hydrogen-bond acceptors (Lipinski definition) is 6. The second kappa shape index (κ2) is 14.4. The summed E-state index contributed by atoms with van der Waals surface area (Å²) in [6.45, 7) is 16.1. The molecule has 1 aromatic rings. The highest BCUT2D eigenvalue weighted by atomic mass is 19.1. The van der Waals surface area contributed by atoms with Crippen LogP contribution in [0.2, 0.25) is 0 Å². The molecule has 4 rings (SSSR count). The van der Waals surface area contributed by atoms with Crippen LogP contribution in [-0.2, 0) is 4.79 Å². The third-order valence-corrected chi connectivity index (χ3v) is 9.71. The maximum atomic E-state index is 14.6. The molecule has 1 fully saturated rings. The summed E-state index contributed by atoms with van der Waals surface area (Å²) in [7, 11) is 1.92. The average Bonchev–Trinajstić information content (AvgIpc) is 3.57. The number of aliphatic hydroxyl groups is 1. The highest BCUT2D eigenvalue weighted by Gasteiger charge is 2.45. The number of nitrogens with zero attached hydrogens (tertiary/aromatic N) is 3. The van der Waals surface area contributed by atoms with E-state index in [2.05, 4.69) is 49.3 Å². The minimum atomic E-state index is -0.595. The Bertz CT molecular complexity index is 1190. The van der Waals surface area contributed by atoms with Crippen LogP contribution in [0.15, 0.2) is 54.4 Å². The zero-order chi connectivity index (χ0) is 31.3. The Balaban J connectivity index is 1.66. The summed E-state index contributed by atoms with van der Waals surface area (Å²) in [6.07, 6.45) is 9.95. The number of carbonyl (C=O) groups is 1. The van der Waals surface area contributed by atoms with Gasteiger partial charge in [-0.2, -0.15) is 0 Å². The molecule has 0 radical (unpaired) electrons. The molecule has 0 bridgehead atoms. The molecule has 2 aliphatic heterocycles. The SMILES string of the molecule is C=C[C@@H]1[C@@H](c2ccc3c(c2)OCO3)CN(CC(=O)N(C(CCC)CCC)C2(C)C=CC(F)=C(C)C2)[C@H]1CCN(C)C(C)O. The molecular formula is C35H52FN3O4. The van der Waals surface area contributed by atoms with E-state index in [-0.39, 0.29) is 49.0 Å². The number of halogens is 1. The number of likely N-dealkylation sites (tertiary alicyclic amines) is 1. The number of rotatable bonds is 14. The van der Waals surface area contributed by atoms with Crippen molar-refractivity contribution in [2.45, 2.75) is 103 Å². The van der Waals surface area contributed by atoms with E-state index in [1.807, 2.05) is 37.1 Å². The number of amides is 1. The molecule has 1 aromatic carbocycles. The summed E-state index contributed by atoms with van der Waals surface area (Å²) in [6, 6.07) is 6.27. The van der Waals surface area contributed by atoms with Crippen molar-refractivity contribution in [2.75, 3.05) is 33.5 Å². The lowest BCUT2D eigenvalue weighted by Crippen LogP contribution is -2.57. The predicted molar refractivity (Wildman–Crippen MR) is 170 cm³/mol. The highest BCUT2D eigenvalue weighted by molar-refractivity contribution is 5.80. The van der Waals surface area contributed by atoms with Gasteiger partial charge in [-0.05, 0) is 82.8 Å². The van der Waals surface area contributed by atoms with Crippen LogP contribution in [0.1, 0.15) is 84.6 Å². The minimum absolute atomic E-state index is 0.0597. The van der Waals surface area contributed by atoms with Gasteiger partial charge in [0.05, 0.1) is 12.1 Å². The van der Waals surface area contributed by atoms with Gasteiger partial charge in [-0.25, -0.2) is 4.39 Å². The molecule has 1 aliphatic carbocycles. The van der Waals surface area contributed by atoms with Crippen molar-refractivity contribution in [1.29, 1.82) is 0 Å². The summed E-state index contributed by atoms with van der Waals surface area (Å²) >= 11 is 0. The molecule has 1 saturated heterocycles. The molecule has 5 atom stereocenters. The van der Waals surface area contributed by atoms with Crippen molar-refractivity contribution in [3.8, 4) is 11.5 Å². The maximum Gasteiger partial charge on any atom is 0.237 e. The lowest BCUT2D eigenvalue weighted by molar-refractivity contribution is -0.141. The Morgan fingerprint density at radius 1 is 1.26 bits per heavy atom. The molecule has 238 valence electrons. The molecule has 43 heavy (non-hydrogen) atoms. The van der Waals surface area contributed by atoms with Crippen LogP contribution >= 0.6 is 0 Å². The summed E-state index contributed by atoms with van der Waals surface area (Å²) < 4.78 is 25.7. The van der Waals surface area contributed by atoms with Crippen molar-refractivity contribution < 1.29 is 23.8 Å². The summed E-state index contributed by atoms with van der Waals surface area (Å²) in [5, 5.41) is 10.2. The average molecular weight is 598 g/mol. The first-order chi connectivity index (χ1) is 20.5. The Labute approximate surface area is 258 Å². The highest BCUT2D eigenvalue weighted by Crippen LogP contribution is 2.43. The predicted octanol–water partition coefficient (Wildman–Crippen LogP) is 6.41. The first-order valence-electron chi connectivity index (χ1n) is 16.0. The van der Waals surface area contributed by atoms with Gasteiger partial charge in [-0.1, -0.05) is 44.9 Å². The molecule has 7 nitrogen and oxygen atoms in total. The van der Waals surface area contributed by atoms with Crippen molar-refractivity contribution in [3.63, 3.8) is 0 Å². The van der Waals surface area contributed by atoms with Gasteiger partial charge in [0, 0.05) is 37.0 Å². The van der Waals surface area contributed by atoms with Gasteiger partial charge >= 0.3 is 0 Å². The number of fused-ring (bicyclic) bond motifs is 1. The molecule has 1 amide bonds. The molecule has 1 N–H and O–H groups in total. The summed E-state index contributed by atoms with van der Waals surface area (Å²) in [5.74, 6) is 1.62. The van der Waals surface area contributed by atoms with Crippen LogP contribution in [-0.4, -0.2) is 83.0 Å². The number of benzene rings is 1. The van der Waals surface area contributed by atoms with E-state index >= 15 is 0 Å². The lowest BCUT2D eigenvalue weighted by Gasteiger charge is -2.47. The maximum absolute atomic E-state index is 14.6. The van der Waals surface area contributed by atoms with Crippen molar-refractivity contribution in [3.05, 3.63) is 60.0 Å². The fourth-order valence-corrected chi connectivity index (χ4v) is 7.36. The number of ether oxygens (including phenoxy) is 2. The summed E-state index contributed by atoms with van der Waals surface area (Å²) in [5.41, 5.74) is 1.23. The topological polar surface area (TPSA) is 65.5 Å². The second-order valence-corrected chi connectivity index (χ2v) is 12.9. The molecule has 2 unspecified atom stereocenters. The minimum Gasteiger partial charge on any atom is -0.454 e. The van der Waals surface area contributed by atoms with Gasteiger partial charge in [-0.3, -0.25) is 14.6 Å². The van der Waals surface area contributed by atoms with Crippen LogP contribution in [0.4, 0.5) is 4.39 Å². The van der Waals surface area contributed by atoms with Gasteiger partial charge in [0.25, 0.3) is 0 Å². The van der Waals surface area contributed by atoms with Crippen LogP contribution in [0.25, 0.3) is 0 Å². The molecule has 8 heteroatoms. The number of hydrogen-bond donors (Lipinski definition) is 1. The van der Waals surface area contributed by atoms with E-state index in [4.69, 9.17) is 9.47 Å². The summed E-state index contributed by atoms with van der Waals surface area (Å²) in [4.78, 5) is 20.9. The third-order valence-electron chi connectivity index (χ3n) is 9.71. The van der Waals surface area contributed by atoms with Crippen LogP contribution in [0.5, 0.6) is 11.5 Å². The molecule has 0 aromatic heterocycles. The van der Waals surface area contributed by atoms with Crippen molar-refractivity contribution in [2.24, 2.45) is 5.92 Å². The first kappa shape index (κ1) is 33.2. The van der Waals surface area contributed by atoms with E-state index in [0.29, 0.717) is 25.1 Å². The number of aliphatic hydroxyl groups excluding tert-OH is 1. The normalized spacial score (nSPS) is 26.0. The van der Waals surface area contributed by atoms with Gasteiger partial charge in [0.1, 0.15) is 12.1 Å². The van der Waals surface area contributed by atoms with Crippen LogP contribution < -0.4 is 9.47 Å². The van der Waals surface area contributed by atoms with E-state index in [1.54, 1.807) is 13.0 Å². The molecular weight excluding hydrogens is 545 g/mol. The number of allylic oxidation sites excluding steroid dienone is 2. The van der Waals surface area contributed by atoms with Crippen LogP contribution in [0, 0.1) is 5.92 Å². The standard InChI is InChI=1S/C35H52FN3O4/c1-8-11-27(12-9-2)39(35(6)17-15-30(36)24(4)20-35)34(41)22-38-21-29(26-13-14-32-33(19-26)43-23-42-32)28(10-3)31(38)16-18-37(7)25(5)40/h10,13-15,17,19,25,27-29,31,40H,3,8-9,11-12,16,18,20-23H2,1-2,4-7H3/t25?,28-,29-,31+,35?/m1/s1. The third kappa shape index (κ3) is 7.35. The van der Waals surface area contributed by atoms with Crippen LogP contribution in [0.3, 0.4) is 0 Å². The van der Waals surface area contributed by atoms with E-state index < -0.39 is 11.8 Å². The molecule has 0 spiro atoms. The molecule has 3 aliphatic rings. The fourth-order valence-electron chi connectivity index (χ4n) is 7.36. The Hall–Kier alpha value is -2.68. The number of carbonyl (C=O) groups excluding carboxylic acids is 1. The Morgan fingerprint density at radius 2 is 1.95 bits per heavy atom. The molecule has 2 heterocycles. The fraction of sp³-hybridized carbons (Fsp3) is 0.629. The second-order valence-electron chi connectivity index (χ2n) is 12.9. The van der Waals surface area contributed by atoms with Gasteiger partial charge in [-0.15, -0.1) is 6.58 Å². The van der Waals surface area contributed by atoms with E-state index in [0.717, 1.165) is 49.2 Å². The van der Waals surface area contributed by atoms with E-state index in [9.17, 15) is 14.3 Å². The Kier molecular flexibility index (Phi) is 11.1. The monoisotopic (exact) mass is 597 g/mol. The quantitative estimate of drug-likeness (QED) is 0.198. The van der Waals surface area contributed by atoms with Gasteiger partial charge < -0.3 is 19.5 Å². The van der Waals surface area contributed by atoms with Crippen molar-refractivity contribution >= 4 is 5.91 Å². The first-order valence-corrected chi connectivity index (χ1v) is 16.0. The lowest BCUT2D eigenvalue weighted by atomic mass is 9.84. The van der Waals surface area contributed by atoms with Gasteiger partial charge in [0.2, 0.25) is 12.7 Å². The zero-order valence-electron chi connectivity index (χ0n) is 27.0. The van der Waals surface area contributed by atoms with E-state index in [1.165, 1.54) is 0 Å².